The van der Waals surface area contributed by atoms with E-state index < -0.39 is 0 Å². The zero-order chi connectivity index (χ0) is 16.9. The van der Waals surface area contributed by atoms with Crippen LogP contribution in [0.3, 0.4) is 0 Å². The SMILES string of the molecule is CCCCOC(=O)N1CCC(N2CCc3cc(Br)ccc3C2)CC1. The molecule has 0 unspecified atom stereocenters. The minimum Gasteiger partial charge on any atom is -0.449 e. The van der Waals surface area contributed by atoms with Crippen molar-refractivity contribution in [2.24, 2.45) is 0 Å². The Bertz CT molecular complexity index is 570. The number of benzene rings is 1. The molecule has 1 amide bonds. The molecule has 0 N–H and O–H groups in total. The van der Waals surface area contributed by atoms with E-state index in [1.807, 2.05) is 4.90 Å². The zero-order valence-corrected chi connectivity index (χ0v) is 16.1. The Morgan fingerprint density at radius 1 is 1.25 bits per heavy atom. The van der Waals surface area contributed by atoms with Crippen molar-refractivity contribution in [2.75, 3.05) is 26.2 Å². The lowest BCUT2D eigenvalue weighted by Gasteiger charge is -2.40. The first-order chi connectivity index (χ1) is 11.7. The average molecular weight is 395 g/mol. The molecule has 0 aromatic heterocycles. The van der Waals surface area contributed by atoms with Crippen LogP contribution in [0.25, 0.3) is 0 Å². The van der Waals surface area contributed by atoms with Gasteiger partial charge in [-0.25, -0.2) is 4.79 Å². The quantitative estimate of drug-likeness (QED) is 0.717. The zero-order valence-electron chi connectivity index (χ0n) is 14.5. The van der Waals surface area contributed by atoms with Crippen molar-refractivity contribution in [2.45, 2.75) is 51.6 Å². The number of amides is 1. The number of carbonyl (C=O) groups is 1. The highest BCUT2D eigenvalue weighted by atomic mass is 79.9. The van der Waals surface area contributed by atoms with E-state index in [2.05, 4.69) is 46.0 Å². The van der Waals surface area contributed by atoms with Crippen LogP contribution in [0.2, 0.25) is 0 Å². The molecule has 24 heavy (non-hydrogen) atoms. The molecule has 132 valence electrons. The van der Waals surface area contributed by atoms with Gasteiger partial charge in [0.05, 0.1) is 6.61 Å². The Balaban J connectivity index is 1.49. The summed E-state index contributed by atoms with van der Waals surface area (Å²) in [5, 5.41) is 0. The summed E-state index contributed by atoms with van der Waals surface area (Å²) in [5.41, 5.74) is 2.92. The third kappa shape index (κ3) is 4.31. The van der Waals surface area contributed by atoms with Gasteiger partial charge in [0.1, 0.15) is 0 Å². The van der Waals surface area contributed by atoms with Gasteiger partial charge in [0.2, 0.25) is 0 Å². The molecule has 5 heteroatoms. The van der Waals surface area contributed by atoms with Crippen LogP contribution in [0, 0.1) is 0 Å². The molecule has 4 nitrogen and oxygen atoms in total. The summed E-state index contributed by atoms with van der Waals surface area (Å²) >= 11 is 3.56. The molecule has 0 bridgehead atoms. The molecule has 0 radical (unpaired) electrons. The number of fused-ring (bicyclic) bond motifs is 1. The maximum absolute atomic E-state index is 12.0. The van der Waals surface area contributed by atoms with E-state index in [4.69, 9.17) is 4.74 Å². The van der Waals surface area contributed by atoms with E-state index >= 15 is 0 Å². The van der Waals surface area contributed by atoms with Gasteiger partial charge in [-0.1, -0.05) is 35.3 Å². The van der Waals surface area contributed by atoms with Crippen LogP contribution in [-0.2, 0) is 17.7 Å². The summed E-state index contributed by atoms with van der Waals surface area (Å²) in [5.74, 6) is 0. The van der Waals surface area contributed by atoms with Gasteiger partial charge in [-0.3, -0.25) is 4.90 Å². The number of rotatable bonds is 4. The summed E-state index contributed by atoms with van der Waals surface area (Å²) in [4.78, 5) is 16.5. The predicted molar refractivity (Wildman–Crippen MR) is 99.1 cm³/mol. The summed E-state index contributed by atoms with van der Waals surface area (Å²) in [7, 11) is 0. The normalized spacial score (nSPS) is 19.2. The predicted octanol–water partition coefficient (Wildman–Crippen LogP) is 4.21. The number of piperidine rings is 1. The van der Waals surface area contributed by atoms with Gasteiger partial charge >= 0.3 is 6.09 Å². The fourth-order valence-electron chi connectivity index (χ4n) is 3.66. The van der Waals surface area contributed by atoms with Crippen molar-refractivity contribution in [3.05, 3.63) is 33.8 Å². The minimum atomic E-state index is -0.129. The Kier molecular flexibility index (Phi) is 6.17. The molecule has 3 rings (SSSR count). The van der Waals surface area contributed by atoms with Crippen LogP contribution in [0.5, 0.6) is 0 Å². The van der Waals surface area contributed by atoms with Crippen molar-refractivity contribution in [3.8, 4) is 0 Å². The molecule has 1 fully saturated rings. The topological polar surface area (TPSA) is 32.8 Å². The number of nitrogens with zero attached hydrogens (tertiary/aromatic N) is 2. The number of hydrogen-bond acceptors (Lipinski definition) is 3. The first-order valence-electron chi connectivity index (χ1n) is 9.10. The summed E-state index contributed by atoms with van der Waals surface area (Å²) in [6.45, 7) is 6.45. The molecule has 0 atom stereocenters. The van der Waals surface area contributed by atoms with Crippen LogP contribution < -0.4 is 0 Å². The van der Waals surface area contributed by atoms with E-state index in [9.17, 15) is 4.79 Å². The first-order valence-corrected chi connectivity index (χ1v) is 9.89. The molecule has 0 saturated carbocycles. The first kappa shape index (κ1) is 17.7. The van der Waals surface area contributed by atoms with Crippen LogP contribution >= 0.6 is 15.9 Å². The molecular weight excluding hydrogens is 368 g/mol. The van der Waals surface area contributed by atoms with Gasteiger partial charge in [0.25, 0.3) is 0 Å². The molecule has 1 aromatic carbocycles. The Hall–Kier alpha value is -1.07. The highest BCUT2D eigenvalue weighted by Crippen LogP contribution is 2.27. The van der Waals surface area contributed by atoms with Crippen molar-refractivity contribution < 1.29 is 9.53 Å². The van der Waals surface area contributed by atoms with E-state index in [0.717, 1.165) is 58.3 Å². The van der Waals surface area contributed by atoms with E-state index in [0.29, 0.717) is 12.6 Å². The number of hydrogen-bond donors (Lipinski definition) is 0. The lowest BCUT2D eigenvalue weighted by Crippen LogP contribution is -2.48. The lowest BCUT2D eigenvalue weighted by atomic mass is 9.95. The standard InChI is InChI=1S/C19H27BrN2O2/c1-2-3-12-24-19(23)21-10-7-18(8-11-21)22-9-6-15-13-17(20)5-4-16(15)14-22/h4-5,13,18H,2-3,6-12,14H2,1H3. The number of likely N-dealkylation sites (tertiary alicyclic amines) is 1. The van der Waals surface area contributed by atoms with Crippen molar-refractivity contribution in [3.63, 3.8) is 0 Å². The molecule has 1 saturated heterocycles. The minimum absolute atomic E-state index is 0.129. The molecule has 0 aliphatic carbocycles. The van der Waals surface area contributed by atoms with Crippen LogP contribution in [0.4, 0.5) is 4.79 Å². The monoisotopic (exact) mass is 394 g/mol. The van der Waals surface area contributed by atoms with Gasteiger partial charge in [0.15, 0.2) is 0 Å². The largest absolute Gasteiger partial charge is 0.449 e. The van der Waals surface area contributed by atoms with Gasteiger partial charge in [-0.15, -0.1) is 0 Å². The second-order valence-corrected chi connectivity index (χ2v) is 7.74. The number of unbranched alkanes of at least 4 members (excludes halogenated alkanes) is 1. The second kappa shape index (κ2) is 8.34. The average Bonchev–Trinajstić information content (AvgIpc) is 2.61. The second-order valence-electron chi connectivity index (χ2n) is 6.82. The molecule has 0 spiro atoms. The molecular formula is C19H27BrN2O2. The molecule has 1 aromatic rings. The third-order valence-electron chi connectivity index (χ3n) is 5.17. The summed E-state index contributed by atoms with van der Waals surface area (Å²) in [6, 6.07) is 7.21. The fraction of sp³-hybridized carbons (Fsp3) is 0.632. The Morgan fingerprint density at radius 3 is 2.79 bits per heavy atom. The number of carbonyl (C=O) groups excluding carboxylic acids is 1. The van der Waals surface area contributed by atoms with E-state index in [-0.39, 0.29) is 6.09 Å². The van der Waals surface area contributed by atoms with Crippen LogP contribution in [0.15, 0.2) is 22.7 Å². The summed E-state index contributed by atoms with van der Waals surface area (Å²) in [6.07, 6.45) is 5.10. The van der Waals surface area contributed by atoms with Crippen molar-refractivity contribution >= 4 is 22.0 Å². The smallest absolute Gasteiger partial charge is 0.409 e. The molecule has 2 aliphatic rings. The van der Waals surface area contributed by atoms with Crippen LogP contribution in [-0.4, -0.2) is 48.2 Å². The highest BCUT2D eigenvalue weighted by molar-refractivity contribution is 9.10. The van der Waals surface area contributed by atoms with E-state index in [1.165, 1.54) is 15.6 Å². The van der Waals surface area contributed by atoms with Crippen LogP contribution in [0.1, 0.15) is 43.7 Å². The van der Waals surface area contributed by atoms with Gasteiger partial charge in [-0.2, -0.15) is 0 Å². The van der Waals surface area contributed by atoms with E-state index in [1.54, 1.807) is 0 Å². The highest BCUT2D eigenvalue weighted by Gasteiger charge is 2.29. The third-order valence-corrected chi connectivity index (χ3v) is 5.67. The maximum Gasteiger partial charge on any atom is 0.409 e. The molecule has 2 aliphatic heterocycles. The van der Waals surface area contributed by atoms with Crippen molar-refractivity contribution in [1.29, 1.82) is 0 Å². The van der Waals surface area contributed by atoms with Gasteiger partial charge < -0.3 is 9.64 Å². The summed E-state index contributed by atoms with van der Waals surface area (Å²) < 4.78 is 6.50. The Morgan fingerprint density at radius 2 is 2.04 bits per heavy atom. The fourth-order valence-corrected chi connectivity index (χ4v) is 4.07. The number of ether oxygens (including phenoxy) is 1. The van der Waals surface area contributed by atoms with Crippen molar-refractivity contribution in [1.82, 2.24) is 9.80 Å². The van der Waals surface area contributed by atoms with Gasteiger partial charge in [-0.05, 0) is 48.9 Å². The lowest BCUT2D eigenvalue weighted by molar-refractivity contribution is 0.0674. The molecule has 2 heterocycles. The Labute approximate surface area is 153 Å². The maximum atomic E-state index is 12.0. The number of halogens is 1. The van der Waals surface area contributed by atoms with Gasteiger partial charge in [0, 0.05) is 36.7 Å².